The van der Waals surface area contributed by atoms with Gasteiger partial charge in [-0.25, -0.2) is 8.42 Å². The molecule has 2 unspecified atom stereocenters. The molecule has 1 aliphatic rings. The maximum Gasteiger partial charge on any atom is 0.245 e. The molecule has 1 aromatic heterocycles. The fourth-order valence-corrected chi connectivity index (χ4v) is 4.96. The van der Waals surface area contributed by atoms with Crippen LogP contribution in [0.15, 0.2) is 76.8 Å². The molecule has 10 heteroatoms. The van der Waals surface area contributed by atoms with Gasteiger partial charge < -0.3 is 15.2 Å². The van der Waals surface area contributed by atoms with Crippen molar-refractivity contribution in [1.29, 1.82) is 0 Å². The highest BCUT2D eigenvalue weighted by Gasteiger charge is 2.37. The Morgan fingerprint density at radius 1 is 1.12 bits per heavy atom. The Kier molecular flexibility index (Phi) is 5.83. The molecule has 3 aromatic rings. The van der Waals surface area contributed by atoms with Gasteiger partial charge in [0.25, 0.3) is 0 Å². The number of pyridine rings is 1. The second-order valence-corrected chi connectivity index (χ2v) is 9.33. The van der Waals surface area contributed by atoms with E-state index in [0.29, 0.717) is 17.1 Å². The zero-order valence-corrected chi connectivity index (χ0v) is 17.9. The predicted molar refractivity (Wildman–Crippen MR) is 111 cm³/mol. The van der Waals surface area contributed by atoms with E-state index < -0.39 is 28.1 Å². The third kappa shape index (κ3) is 4.42. The maximum absolute atomic E-state index is 13.3. The summed E-state index contributed by atoms with van der Waals surface area (Å²) >= 11 is 0. The molecular formula is C22H22N3O6S+. The van der Waals surface area contributed by atoms with Crippen molar-refractivity contribution in [2.45, 2.75) is 35.7 Å². The second-order valence-electron chi connectivity index (χ2n) is 7.41. The molecule has 32 heavy (non-hydrogen) atoms. The minimum atomic E-state index is -4.04. The average molecular weight is 457 g/mol. The SMILES string of the molecule is Cc1cccc(COc2ccc(S(=O)(=O)c3cc[n+](O)cc3C3NC(O)NC3=O)cc2)c1. The molecule has 0 radical (unpaired) electrons. The molecule has 4 rings (SSSR count). The standard InChI is InChI=1S/C22H21N3O6S/c1-14-3-2-4-15(11-14)13-31-16-5-7-17(8-6-16)32(29,30)19-9-10-25(28)12-18(19)20-21(26)24-22(27)23-20/h2-12,20,22-23,27H,13H2,1H3,(H-,24,26,28)/p+1. The Bertz CT molecular complexity index is 1260. The van der Waals surface area contributed by atoms with E-state index in [1.54, 1.807) is 12.1 Å². The number of carbonyl (C=O) groups excluding carboxylic acids is 1. The molecule has 166 valence electrons. The lowest BCUT2D eigenvalue weighted by molar-refractivity contribution is -0.905. The zero-order chi connectivity index (χ0) is 22.9. The molecule has 4 N–H and O–H groups in total. The number of aromatic nitrogens is 1. The van der Waals surface area contributed by atoms with Gasteiger partial charge in [-0.3, -0.25) is 15.3 Å². The molecule has 0 bridgehead atoms. The number of hydrogen-bond acceptors (Lipinski definition) is 7. The Morgan fingerprint density at radius 3 is 2.53 bits per heavy atom. The van der Waals surface area contributed by atoms with Gasteiger partial charge in [-0.1, -0.05) is 29.8 Å². The smallest absolute Gasteiger partial charge is 0.245 e. The summed E-state index contributed by atoms with van der Waals surface area (Å²) in [6.45, 7) is 2.34. The number of hydrogen-bond donors (Lipinski definition) is 4. The van der Waals surface area contributed by atoms with E-state index in [9.17, 15) is 23.5 Å². The first kappa shape index (κ1) is 21.8. The van der Waals surface area contributed by atoms with Crippen molar-refractivity contribution >= 4 is 15.7 Å². The van der Waals surface area contributed by atoms with Gasteiger partial charge >= 0.3 is 0 Å². The molecular weight excluding hydrogens is 434 g/mol. The number of amides is 1. The van der Waals surface area contributed by atoms with Crippen molar-refractivity contribution in [3.8, 4) is 5.75 Å². The molecule has 0 spiro atoms. The summed E-state index contributed by atoms with van der Waals surface area (Å²) < 4.78 is 33.0. The van der Waals surface area contributed by atoms with E-state index in [1.807, 2.05) is 31.2 Å². The van der Waals surface area contributed by atoms with Crippen LogP contribution < -0.4 is 20.1 Å². The normalized spacial score (nSPS) is 18.4. The lowest BCUT2D eigenvalue weighted by atomic mass is 10.1. The topological polar surface area (TPSA) is 129 Å². The van der Waals surface area contributed by atoms with Gasteiger partial charge in [0.05, 0.1) is 15.4 Å². The Hall–Kier alpha value is -3.47. The number of carbonyl (C=O) groups is 1. The number of aliphatic hydroxyl groups excluding tert-OH is 1. The van der Waals surface area contributed by atoms with E-state index in [2.05, 4.69) is 10.6 Å². The molecule has 2 heterocycles. The van der Waals surface area contributed by atoms with Crippen molar-refractivity contribution in [1.82, 2.24) is 10.6 Å². The van der Waals surface area contributed by atoms with E-state index in [1.165, 1.54) is 18.2 Å². The largest absolute Gasteiger partial charge is 0.489 e. The molecule has 1 saturated heterocycles. The second kappa shape index (κ2) is 8.58. The van der Waals surface area contributed by atoms with Crippen LogP contribution >= 0.6 is 0 Å². The molecule has 9 nitrogen and oxygen atoms in total. The quantitative estimate of drug-likeness (QED) is 0.321. The number of aliphatic hydroxyl groups is 1. The van der Waals surface area contributed by atoms with Crippen LogP contribution in [0, 0.1) is 6.92 Å². The van der Waals surface area contributed by atoms with Crippen LogP contribution in [-0.4, -0.2) is 31.0 Å². The number of ether oxygens (including phenoxy) is 1. The van der Waals surface area contributed by atoms with Crippen LogP contribution in [0.5, 0.6) is 5.75 Å². The fraction of sp³-hybridized carbons (Fsp3) is 0.182. The van der Waals surface area contributed by atoms with E-state index in [4.69, 9.17) is 4.74 Å². The van der Waals surface area contributed by atoms with E-state index >= 15 is 0 Å². The third-order valence-electron chi connectivity index (χ3n) is 5.02. The van der Waals surface area contributed by atoms with Crippen LogP contribution in [0.25, 0.3) is 0 Å². The summed E-state index contributed by atoms with van der Waals surface area (Å²) in [6, 6.07) is 13.9. The minimum absolute atomic E-state index is 0.00343. The lowest BCUT2D eigenvalue weighted by Crippen LogP contribution is -2.34. The monoisotopic (exact) mass is 456 g/mol. The summed E-state index contributed by atoms with van der Waals surface area (Å²) in [5.41, 5.74) is 2.12. The number of aryl methyl sites for hydroxylation is 1. The Morgan fingerprint density at radius 2 is 1.88 bits per heavy atom. The first-order chi connectivity index (χ1) is 15.2. The van der Waals surface area contributed by atoms with Gasteiger partial charge in [0.2, 0.25) is 28.1 Å². The maximum atomic E-state index is 13.3. The van der Waals surface area contributed by atoms with E-state index in [0.717, 1.165) is 23.5 Å². The van der Waals surface area contributed by atoms with Crippen LogP contribution in [-0.2, 0) is 21.2 Å². The van der Waals surface area contributed by atoms with Gasteiger partial charge in [0.1, 0.15) is 18.4 Å². The fourth-order valence-electron chi connectivity index (χ4n) is 3.49. The number of nitrogens with one attached hydrogen (secondary N) is 2. The van der Waals surface area contributed by atoms with E-state index in [-0.39, 0.29) is 15.4 Å². The van der Waals surface area contributed by atoms with Gasteiger partial charge in [0.15, 0.2) is 6.35 Å². The van der Waals surface area contributed by atoms with Gasteiger partial charge in [-0.2, -0.15) is 0 Å². The van der Waals surface area contributed by atoms with Gasteiger partial charge in [-0.05, 0) is 36.8 Å². The van der Waals surface area contributed by atoms with Crippen LogP contribution in [0.3, 0.4) is 0 Å². The van der Waals surface area contributed by atoms with Crippen LogP contribution in [0.1, 0.15) is 22.7 Å². The highest BCUT2D eigenvalue weighted by Crippen LogP contribution is 2.29. The van der Waals surface area contributed by atoms with Crippen molar-refractivity contribution in [3.05, 3.63) is 83.7 Å². The lowest BCUT2D eigenvalue weighted by Gasteiger charge is -2.13. The molecule has 1 fully saturated rings. The van der Waals surface area contributed by atoms with Gasteiger partial charge in [-0.15, -0.1) is 0 Å². The third-order valence-corrected chi connectivity index (χ3v) is 6.87. The van der Waals surface area contributed by atoms with Crippen LogP contribution in [0.4, 0.5) is 0 Å². The molecule has 1 amide bonds. The first-order valence-corrected chi connectivity index (χ1v) is 11.2. The highest BCUT2D eigenvalue weighted by molar-refractivity contribution is 7.91. The molecule has 2 atom stereocenters. The summed E-state index contributed by atoms with van der Waals surface area (Å²) in [6.07, 6.45) is 0.945. The Balaban J connectivity index is 1.59. The van der Waals surface area contributed by atoms with Crippen molar-refractivity contribution < 1.29 is 33.0 Å². The van der Waals surface area contributed by atoms with Gasteiger partial charge in [0, 0.05) is 10.8 Å². The van der Waals surface area contributed by atoms with Crippen molar-refractivity contribution in [3.63, 3.8) is 0 Å². The van der Waals surface area contributed by atoms with Crippen molar-refractivity contribution in [2.75, 3.05) is 0 Å². The minimum Gasteiger partial charge on any atom is -0.489 e. The molecule has 1 aliphatic heterocycles. The first-order valence-electron chi connectivity index (χ1n) is 9.76. The average Bonchev–Trinajstić information content (AvgIpc) is 3.10. The molecule has 2 aromatic carbocycles. The summed E-state index contributed by atoms with van der Waals surface area (Å²) in [5, 5.41) is 24.2. The summed E-state index contributed by atoms with van der Waals surface area (Å²) in [5.74, 6) is -0.105. The number of nitrogens with zero attached hydrogens (tertiary/aromatic N) is 1. The predicted octanol–water partition coefficient (Wildman–Crippen LogP) is 0.968. The molecule has 0 aliphatic carbocycles. The van der Waals surface area contributed by atoms with Crippen molar-refractivity contribution in [2.24, 2.45) is 0 Å². The Labute approximate surface area is 184 Å². The van der Waals surface area contributed by atoms with Crippen LogP contribution in [0.2, 0.25) is 0 Å². The summed E-state index contributed by atoms with van der Waals surface area (Å²) in [7, 11) is -4.04. The number of rotatable bonds is 6. The molecule has 0 saturated carbocycles. The number of benzene rings is 2. The zero-order valence-electron chi connectivity index (χ0n) is 17.1. The highest BCUT2D eigenvalue weighted by atomic mass is 32.2. The summed E-state index contributed by atoms with van der Waals surface area (Å²) in [4.78, 5) is 12.0. The number of sulfone groups is 1.